The van der Waals surface area contributed by atoms with Crippen LogP contribution in [0.15, 0.2) is 36.4 Å². The summed E-state index contributed by atoms with van der Waals surface area (Å²) in [4.78, 5) is 27.2. The van der Waals surface area contributed by atoms with Crippen LogP contribution in [0.5, 0.6) is 0 Å². The van der Waals surface area contributed by atoms with Gasteiger partial charge in [-0.2, -0.15) is 0 Å². The molecule has 2 aromatic carbocycles. The SMILES string of the molecule is CCCNC(=O)C(C)N(Cc1ccc(Cl)c(Cl)c1)C(=O)CCCN(c1ccc(F)c(F)c1)S(C)(=O)=O. The van der Waals surface area contributed by atoms with Crippen LogP contribution in [0.3, 0.4) is 0 Å². The van der Waals surface area contributed by atoms with E-state index in [-0.39, 0.29) is 43.4 Å². The zero-order chi connectivity index (χ0) is 27.0. The monoisotopic (exact) mass is 563 g/mol. The molecule has 36 heavy (non-hydrogen) atoms. The lowest BCUT2D eigenvalue weighted by atomic mass is 10.1. The Morgan fingerprint density at radius 1 is 1.06 bits per heavy atom. The van der Waals surface area contributed by atoms with Crippen molar-refractivity contribution in [1.29, 1.82) is 0 Å². The molecule has 0 aliphatic heterocycles. The van der Waals surface area contributed by atoms with E-state index in [1.807, 2.05) is 6.92 Å². The number of amides is 2. The van der Waals surface area contributed by atoms with Gasteiger partial charge in [0.25, 0.3) is 0 Å². The topological polar surface area (TPSA) is 86.8 Å². The second-order valence-electron chi connectivity index (χ2n) is 8.27. The van der Waals surface area contributed by atoms with Gasteiger partial charge in [0.15, 0.2) is 11.6 Å². The Morgan fingerprint density at radius 3 is 2.33 bits per heavy atom. The van der Waals surface area contributed by atoms with Crippen LogP contribution in [0.1, 0.15) is 38.7 Å². The smallest absolute Gasteiger partial charge is 0.242 e. The van der Waals surface area contributed by atoms with Gasteiger partial charge in [0.2, 0.25) is 21.8 Å². The van der Waals surface area contributed by atoms with Gasteiger partial charge in [0.05, 0.1) is 22.0 Å². The number of nitrogens with one attached hydrogen (secondary N) is 1. The van der Waals surface area contributed by atoms with Gasteiger partial charge in [0, 0.05) is 32.1 Å². The van der Waals surface area contributed by atoms with Crippen molar-refractivity contribution >= 4 is 50.7 Å². The van der Waals surface area contributed by atoms with E-state index < -0.39 is 27.7 Å². The summed E-state index contributed by atoms with van der Waals surface area (Å²) >= 11 is 12.1. The van der Waals surface area contributed by atoms with Gasteiger partial charge in [0.1, 0.15) is 6.04 Å². The van der Waals surface area contributed by atoms with Crippen LogP contribution < -0.4 is 9.62 Å². The van der Waals surface area contributed by atoms with Gasteiger partial charge in [-0.1, -0.05) is 36.2 Å². The van der Waals surface area contributed by atoms with E-state index >= 15 is 0 Å². The Hall–Kier alpha value is -2.43. The molecular formula is C24H29Cl2F2N3O4S. The Kier molecular flexibility index (Phi) is 10.9. The van der Waals surface area contributed by atoms with E-state index in [4.69, 9.17) is 23.2 Å². The molecule has 0 bridgehead atoms. The Labute approximate surface area is 220 Å². The minimum absolute atomic E-state index is 0.0520. The molecule has 12 heteroatoms. The molecule has 0 radical (unpaired) electrons. The minimum Gasteiger partial charge on any atom is -0.354 e. The van der Waals surface area contributed by atoms with Crippen LogP contribution in [-0.2, 0) is 26.2 Å². The number of sulfonamides is 1. The second kappa shape index (κ2) is 13.2. The molecule has 2 aromatic rings. The zero-order valence-corrected chi connectivity index (χ0v) is 22.6. The van der Waals surface area contributed by atoms with Crippen LogP contribution in [0, 0.1) is 11.6 Å². The molecule has 0 saturated heterocycles. The van der Waals surface area contributed by atoms with Gasteiger partial charge in [-0.3, -0.25) is 13.9 Å². The normalized spacial score (nSPS) is 12.2. The lowest BCUT2D eigenvalue weighted by molar-refractivity contribution is -0.140. The summed E-state index contributed by atoms with van der Waals surface area (Å²) in [7, 11) is -3.84. The predicted molar refractivity (Wildman–Crippen MR) is 138 cm³/mol. The van der Waals surface area contributed by atoms with E-state index in [0.29, 0.717) is 22.2 Å². The maximum Gasteiger partial charge on any atom is 0.242 e. The molecule has 1 N–H and O–H groups in total. The average Bonchev–Trinajstić information content (AvgIpc) is 2.81. The summed E-state index contributed by atoms with van der Waals surface area (Å²) in [5.74, 6) is -3.00. The first-order chi connectivity index (χ1) is 16.8. The van der Waals surface area contributed by atoms with Gasteiger partial charge in [-0.05, 0) is 49.6 Å². The first kappa shape index (κ1) is 29.8. The van der Waals surface area contributed by atoms with Crippen molar-refractivity contribution in [3.63, 3.8) is 0 Å². The summed E-state index contributed by atoms with van der Waals surface area (Å²) in [5, 5.41) is 3.42. The lowest BCUT2D eigenvalue weighted by Crippen LogP contribution is -2.47. The molecule has 0 saturated carbocycles. The molecule has 198 valence electrons. The minimum atomic E-state index is -3.84. The first-order valence-electron chi connectivity index (χ1n) is 11.3. The molecule has 2 rings (SSSR count). The Morgan fingerprint density at radius 2 is 1.75 bits per heavy atom. The van der Waals surface area contributed by atoms with Gasteiger partial charge in [-0.15, -0.1) is 0 Å². The molecule has 2 amide bonds. The Balaban J connectivity index is 2.19. The van der Waals surface area contributed by atoms with Crippen molar-refractivity contribution in [3.8, 4) is 0 Å². The lowest BCUT2D eigenvalue weighted by Gasteiger charge is -2.29. The molecule has 7 nitrogen and oxygen atoms in total. The fourth-order valence-corrected chi connectivity index (χ4v) is 4.74. The van der Waals surface area contributed by atoms with Crippen LogP contribution >= 0.6 is 23.2 Å². The third kappa shape index (κ3) is 8.31. The quantitative estimate of drug-likeness (QED) is 0.403. The summed E-state index contributed by atoms with van der Waals surface area (Å²) in [6.07, 6.45) is 1.64. The highest BCUT2D eigenvalue weighted by atomic mass is 35.5. The molecule has 0 aliphatic rings. The van der Waals surface area contributed by atoms with E-state index in [2.05, 4.69) is 5.32 Å². The standard InChI is InChI=1S/C24H29Cl2F2N3O4S/c1-4-11-29-24(33)16(2)30(15-17-7-9-19(25)20(26)13-17)23(32)6-5-12-31(36(3,34)35)18-8-10-21(27)22(28)14-18/h7-10,13-14,16H,4-6,11-12,15H2,1-3H3,(H,29,33). The van der Waals surface area contributed by atoms with E-state index in [0.717, 1.165) is 35.2 Å². The van der Waals surface area contributed by atoms with Crippen molar-refractivity contribution in [3.05, 3.63) is 63.6 Å². The summed E-state index contributed by atoms with van der Waals surface area (Å²) in [6.45, 7) is 3.90. The molecule has 0 fully saturated rings. The van der Waals surface area contributed by atoms with E-state index in [1.54, 1.807) is 25.1 Å². The highest BCUT2D eigenvalue weighted by Crippen LogP contribution is 2.25. The molecular weight excluding hydrogens is 535 g/mol. The second-order valence-corrected chi connectivity index (χ2v) is 11.0. The number of anilines is 1. The zero-order valence-electron chi connectivity index (χ0n) is 20.2. The van der Waals surface area contributed by atoms with Crippen LogP contribution in [-0.4, -0.2) is 50.5 Å². The number of halogens is 4. The molecule has 1 unspecified atom stereocenters. The molecule has 1 atom stereocenters. The average molecular weight is 564 g/mol. The van der Waals surface area contributed by atoms with Crippen LogP contribution in [0.2, 0.25) is 10.0 Å². The number of carbonyl (C=O) groups excluding carboxylic acids is 2. The van der Waals surface area contributed by atoms with Gasteiger partial charge < -0.3 is 10.2 Å². The molecule has 0 aromatic heterocycles. The fourth-order valence-electron chi connectivity index (χ4n) is 3.46. The van der Waals surface area contributed by atoms with E-state index in [9.17, 15) is 26.8 Å². The number of hydrogen-bond acceptors (Lipinski definition) is 4. The molecule has 0 spiro atoms. The van der Waals surface area contributed by atoms with Crippen molar-refractivity contribution in [2.75, 3.05) is 23.7 Å². The maximum absolute atomic E-state index is 13.7. The number of benzene rings is 2. The highest BCUT2D eigenvalue weighted by molar-refractivity contribution is 7.92. The van der Waals surface area contributed by atoms with Crippen molar-refractivity contribution in [1.82, 2.24) is 10.2 Å². The number of nitrogens with zero attached hydrogens (tertiary/aromatic N) is 2. The van der Waals surface area contributed by atoms with Crippen molar-refractivity contribution < 1.29 is 26.8 Å². The van der Waals surface area contributed by atoms with Gasteiger partial charge >= 0.3 is 0 Å². The highest BCUT2D eigenvalue weighted by Gasteiger charge is 2.27. The number of rotatable bonds is 12. The number of carbonyl (C=O) groups is 2. The third-order valence-corrected chi connectivity index (χ3v) is 7.33. The third-order valence-electron chi connectivity index (χ3n) is 5.40. The molecule has 0 aliphatic carbocycles. The Bertz CT molecular complexity index is 1200. The predicted octanol–water partition coefficient (Wildman–Crippen LogP) is 4.76. The number of hydrogen-bond donors (Lipinski definition) is 1. The largest absolute Gasteiger partial charge is 0.354 e. The summed E-state index contributed by atoms with van der Waals surface area (Å²) in [5.41, 5.74) is 0.608. The van der Waals surface area contributed by atoms with Crippen molar-refractivity contribution in [2.24, 2.45) is 0 Å². The molecule has 0 heterocycles. The van der Waals surface area contributed by atoms with Gasteiger partial charge in [-0.25, -0.2) is 17.2 Å². The van der Waals surface area contributed by atoms with Crippen LogP contribution in [0.25, 0.3) is 0 Å². The van der Waals surface area contributed by atoms with E-state index in [1.165, 1.54) is 4.90 Å². The summed E-state index contributed by atoms with van der Waals surface area (Å²) < 4.78 is 52.4. The first-order valence-corrected chi connectivity index (χ1v) is 13.9. The maximum atomic E-state index is 13.7. The van der Waals surface area contributed by atoms with Crippen molar-refractivity contribution in [2.45, 2.75) is 45.7 Å². The fraction of sp³-hybridized carbons (Fsp3) is 0.417. The summed E-state index contributed by atoms with van der Waals surface area (Å²) in [6, 6.07) is 6.86. The van der Waals surface area contributed by atoms with Crippen LogP contribution in [0.4, 0.5) is 14.5 Å².